The van der Waals surface area contributed by atoms with E-state index in [4.69, 9.17) is 0 Å². The normalized spacial score (nSPS) is 14.4. The average molecular weight is 261 g/mol. The highest BCUT2D eigenvalue weighted by molar-refractivity contribution is 7.10. The van der Waals surface area contributed by atoms with Gasteiger partial charge in [0.15, 0.2) is 0 Å². The van der Waals surface area contributed by atoms with Gasteiger partial charge in [0, 0.05) is 18.0 Å². The third-order valence-electron chi connectivity index (χ3n) is 2.97. The van der Waals surface area contributed by atoms with Crippen LogP contribution in [0.25, 0.3) is 0 Å². The van der Waals surface area contributed by atoms with E-state index in [1.807, 2.05) is 24.4 Å². The first-order chi connectivity index (χ1) is 8.58. The molecule has 1 aromatic heterocycles. The minimum Gasteiger partial charge on any atom is -0.383 e. The second-order valence-electron chi connectivity index (χ2n) is 4.84. The summed E-state index contributed by atoms with van der Waals surface area (Å²) in [6.07, 6.45) is 0. The molecule has 0 aliphatic rings. The van der Waals surface area contributed by atoms with E-state index >= 15 is 0 Å². The predicted molar refractivity (Wildman–Crippen MR) is 76.8 cm³/mol. The zero-order valence-electron chi connectivity index (χ0n) is 10.8. The van der Waals surface area contributed by atoms with Crippen LogP contribution in [0.3, 0.4) is 0 Å². The van der Waals surface area contributed by atoms with E-state index in [0.717, 1.165) is 11.4 Å². The Morgan fingerprint density at radius 3 is 2.56 bits per heavy atom. The number of rotatable bonds is 5. The van der Waals surface area contributed by atoms with Crippen molar-refractivity contribution in [2.75, 3.05) is 6.54 Å². The van der Waals surface area contributed by atoms with Crippen LogP contribution in [-0.4, -0.2) is 11.7 Å². The molecule has 96 valence electrons. The molecule has 2 rings (SSSR count). The van der Waals surface area contributed by atoms with Gasteiger partial charge in [-0.2, -0.15) is 0 Å². The monoisotopic (exact) mass is 261 g/mol. The standard InChI is InChI=1S/C15H19NOS/c1-12-5-7-13(8-6-12)10-16-11-15(2,17)14-4-3-9-18-14/h3-9,16-17H,10-11H2,1-2H3. The van der Waals surface area contributed by atoms with Crippen molar-refractivity contribution in [1.29, 1.82) is 0 Å². The van der Waals surface area contributed by atoms with Crippen molar-refractivity contribution in [1.82, 2.24) is 5.32 Å². The van der Waals surface area contributed by atoms with E-state index in [9.17, 15) is 5.11 Å². The maximum Gasteiger partial charge on any atom is 0.108 e. The smallest absolute Gasteiger partial charge is 0.108 e. The Bertz CT molecular complexity index is 474. The molecule has 0 radical (unpaired) electrons. The molecule has 3 heteroatoms. The number of hydrogen-bond acceptors (Lipinski definition) is 3. The lowest BCUT2D eigenvalue weighted by Crippen LogP contribution is -2.34. The van der Waals surface area contributed by atoms with Crippen LogP contribution in [0, 0.1) is 6.92 Å². The van der Waals surface area contributed by atoms with E-state index < -0.39 is 5.60 Å². The highest BCUT2D eigenvalue weighted by Crippen LogP contribution is 2.24. The molecule has 1 unspecified atom stereocenters. The van der Waals surface area contributed by atoms with Gasteiger partial charge in [-0.3, -0.25) is 0 Å². The van der Waals surface area contributed by atoms with Gasteiger partial charge in [0.1, 0.15) is 5.60 Å². The lowest BCUT2D eigenvalue weighted by molar-refractivity contribution is 0.0604. The summed E-state index contributed by atoms with van der Waals surface area (Å²) in [5.74, 6) is 0. The van der Waals surface area contributed by atoms with Gasteiger partial charge in [-0.25, -0.2) is 0 Å². The summed E-state index contributed by atoms with van der Waals surface area (Å²) < 4.78 is 0. The van der Waals surface area contributed by atoms with Gasteiger partial charge in [-0.05, 0) is 30.9 Å². The molecule has 0 aliphatic carbocycles. The number of benzene rings is 1. The van der Waals surface area contributed by atoms with Crippen LogP contribution in [0.5, 0.6) is 0 Å². The predicted octanol–water partition coefficient (Wildman–Crippen LogP) is 3.05. The van der Waals surface area contributed by atoms with Crippen molar-refractivity contribution in [2.45, 2.75) is 26.0 Å². The van der Waals surface area contributed by atoms with E-state index in [0.29, 0.717) is 6.54 Å². The zero-order chi connectivity index (χ0) is 13.0. The van der Waals surface area contributed by atoms with E-state index in [1.54, 1.807) is 11.3 Å². The second-order valence-corrected chi connectivity index (χ2v) is 5.79. The molecule has 1 atom stereocenters. The molecule has 2 nitrogen and oxygen atoms in total. The lowest BCUT2D eigenvalue weighted by atomic mass is 10.1. The fourth-order valence-corrected chi connectivity index (χ4v) is 2.62. The topological polar surface area (TPSA) is 32.3 Å². The molecule has 2 aromatic rings. The van der Waals surface area contributed by atoms with Crippen LogP contribution in [-0.2, 0) is 12.1 Å². The molecular weight excluding hydrogens is 242 g/mol. The van der Waals surface area contributed by atoms with Crippen molar-refractivity contribution in [3.05, 3.63) is 57.8 Å². The van der Waals surface area contributed by atoms with Gasteiger partial charge in [0.2, 0.25) is 0 Å². The fourth-order valence-electron chi connectivity index (χ4n) is 1.83. The summed E-state index contributed by atoms with van der Waals surface area (Å²) in [4.78, 5) is 0.999. The van der Waals surface area contributed by atoms with E-state index in [2.05, 4.69) is 36.5 Å². The van der Waals surface area contributed by atoms with Gasteiger partial charge < -0.3 is 10.4 Å². The molecular formula is C15H19NOS. The first-order valence-corrected chi connectivity index (χ1v) is 6.98. The fraction of sp³-hybridized carbons (Fsp3) is 0.333. The van der Waals surface area contributed by atoms with Crippen molar-refractivity contribution < 1.29 is 5.11 Å². The number of nitrogens with one attached hydrogen (secondary N) is 1. The second kappa shape index (κ2) is 5.65. The number of hydrogen-bond donors (Lipinski definition) is 2. The highest BCUT2D eigenvalue weighted by Gasteiger charge is 2.23. The number of aliphatic hydroxyl groups is 1. The maximum atomic E-state index is 10.3. The average Bonchev–Trinajstić information content (AvgIpc) is 2.86. The van der Waals surface area contributed by atoms with Crippen LogP contribution in [0.1, 0.15) is 22.9 Å². The Labute approximate surface area is 112 Å². The SMILES string of the molecule is Cc1ccc(CNCC(C)(O)c2cccs2)cc1. The molecule has 0 aliphatic heterocycles. The Morgan fingerprint density at radius 2 is 1.94 bits per heavy atom. The summed E-state index contributed by atoms with van der Waals surface area (Å²) in [6.45, 7) is 5.27. The molecule has 0 fully saturated rings. The third kappa shape index (κ3) is 3.42. The van der Waals surface area contributed by atoms with Gasteiger partial charge in [-0.15, -0.1) is 11.3 Å². The maximum absolute atomic E-state index is 10.3. The molecule has 1 heterocycles. The van der Waals surface area contributed by atoms with Crippen LogP contribution in [0.4, 0.5) is 0 Å². The number of aryl methyl sites for hydroxylation is 1. The summed E-state index contributed by atoms with van der Waals surface area (Å²) in [5, 5.41) is 15.6. The van der Waals surface area contributed by atoms with Crippen molar-refractivity contribution in [3.63, 3.8) is 0 Å². The minimum atomic E-state index is -0.793. The Morgan fingerprint density at radius 1 is 1.22 bits per heavy atom. The van der Waals surface area contributed by atoms with Crippen molar-refractivity contribution in [2.24, 2.45) is 0 Å². The van der Waals surface area contributed by atoms with E-state index in [-0.39, 0.29) is 0 Å². The molecule has 0 bridgehead atoms. The molecule has 0 amide bonds. The minimum absolute atomic E-state index is 0.557. The summed E-state index contributed by atoms with van der Waals surface area (Å²) >= 11 is 1.59. The van der Waals surface area contributed by atoms with Crippen LogP contribution < -0.4 is 5.32 Å². The van der Waals surface area contributed by atoms with Gasteiger partial charge in [0.25, 0.3) is 0 Å². The molecule has 18 heavy (non-hydrogen) atoms. The number of thiophene rings is 1. The van der Waals surface area contributed by atoms with Gasteiger partial charge in [-0.1, -0.05) is 35.9 Å². The molecule has 0 saturated carbocycles. The summed E-state index contributed by atoms with van der Waals surface area (Å²) in [6, 6.07) is 12.4. The summed E-state index contributed by atoms with van der Waals surface area (Å²) in [5.41, 5.74) is 1.71. The van der Waals surface area contributed by atoms with Gasteiger partial charge >= 0.3 is 0 Å². The largest absolute Gasteiger partial charge is 0.383 e. The van der Waals surface area contributed by atoms with Crippen molar-refractivity contribution >= 4 is 11.3 Å². The first kappa shape index (κ1) is 13.3. The van der Waals surface area contributed by atoms with Crippen LogP contribution >= 0.6 is 11.3 Å². The molecule has 0 spiro atoms. The van der Waals surface area contributed by atoms with Crippen LogP contribution in [0.2, 0.25) is 0 Å². The Balaban J connectivity index is 1.87. The Hall–Kier alpha value is -1.16. The third-order valence-corrected chi connectivity index (χ3v) is 4.09. The highest BCUT2D eigenvalue weighted by atomic mass is 32.1. The van der Waals surface area contributed by atoms with Crippen LogP contribution in [0.15, 0.2) is 41.8 Å². The lowest BCUT2D eigenvalue weighted by Gasteiger charge is -2.22. The summed E-state index contributed by atoms with van der Waals surface area (Å²) in [7, 11) is 0. The Kier molecular flexibility index (Phi) is 4.17. The zero-order valence-corrected chi connectivity index (χ0v) is 11.6. The van der Waals surface area contributed by atoms with E-state index in [1.165, 1.54) is 11.1 Å². The first-order valence-electron chi connectivity index (χ1n) is 6.10. The van der Waals surface area contributed by atoms with Crippen molar-refractivity contribution in [3.8, 4) is 0 Å². The quantitative estimate of drug-likeness (QED) is 0.867. The molecule has 0 saturated heterocycles. The van der Waals surface area contributed by atoms with Gasteiger partial charge in [0.05, 0.1) is 0 Å². The molecule has 2 N–H and O–H groups in total. The molecule has 1 aromatic carbocycles.